The van der Waals surface area contributed by atoms with Crippen molar-refractivity contribution in [2.24, 2.45) is 0 Å². The SMILES string of the molecule is CCCCS(=O)(=O)NCC(Cc1cccnc1)c1ccc(F)cc1. The van der Waals surface area contributed by atoms with E-state index in [1.54, 1.807) is 24.5 Å². The summed E-state index contributed by atoms with van der Waals surface area (Å²) < 4.78 is 40.0. The zero-order valence-corrected chi connectivity index (χ0v) is 14.6. The number of halogens is 1. The van der Waals surface area contributed by atoms with Gasteiger partial charge in [-0.25, -0.2) is 17.5 Å². The van der Waals surface area contributed by atoms with Gasteiger partial charge in [-0.15, -0.1) is 0 Å². The van der Waals surface area contributed by atoms with E-state index in [2.05, 4.69) is 9.71 Å². The number of hydrogen-bond acceptors (Lipinski definition) is 3. The molecule has 0 saturated heterocycles. The minimum Gasteiger partial charge on any atom is -0.264 e. The molecule has 24 heavy (non-hydrogen) atoms. The first-order chi connectivity index (χ1) is 11.5. The molecule has 0 aliphatic heterocycles. The highest BCUT2D eigenvalue weighted by Crippen LogP contribution is 2.21. The van der Waals surface area contributed by atoms with Crippen LogP contribution in [0.3, 0.4) is 0 Å². The molecule has 1 aromatic carbocycles. The smallest absolute Gasteiger partial charge is 0.211 e. The molecule has 130 valence electrons. The van der Waals surface area contributed by atoms with E-state index >= 15 is 0 Å². The third kappa shape index (κ3) is 6.02. The molecule has 0 spiro atoms. The van der Waals surface area contributed by atoms with Crippen LogP contribution in [0.15, 0.2) is 48.8 Å². The van der Waals surface area contributed by atoms with E-state index in [1.165, 1.54) is 12.1 Å². The molecule has 1 heterocycles. The van der Waals surface area contributed by atoms with Gasteiger partial charge >= 0.3 is 0 Å². The lowest BCUT2D eigenvalue weighted by Crippen LogP contribution is -2.31. The highest BCUT2D eigenvalue weighted by atomic mass is 32.2. The summed E-state index contributed by atoms with van der Waals surface area (Å²) in [5.74, 6) is -0.249. The molecule has 0 fully saturated rings. The largest absolute Gasteiger partial charge is 0.264 e. The maximum Gasteiger partial charge on any atom is 0.211 e. The molecule has 0 saturated carbocycles. The fourth-order valence-electron chi connectivity index (χ4n) is 2.48. The summed E-state index contributed by atoms with van der Waals surface area (Å²) in [6, 6.07) is 10.0. The van der Waals surface area contributed by atoms with Gasteiger partial charge in [0.2, 0.25) is 10.0 Å². The molecule has 2 aromatic rings. The summed E-state index contributed by atoms with van der Waals surface area (Å²) >= 11 is 0. The first-order valence-electron chi connectivity index (χ1n) is 8.12. The molecule has 6 heteroatoms. The van der Waals surface area contributed by atoms with Crippen molar-refractivity contribution in [3.8, 4) is 0 Å². The van der Waals surface area contributed by atoms with Gasteiger partial charge in [0, 0.05) is 24.9 Å². The van der Waals surface area contributed by atoms with Gasteiger partial charge in [-0.05, 0) is 42.2 Å². The summed E-state index contributed by atoms with van der Waals surface area (Å²) in [5.41, 5.74) is 1.91. The van der Waals surface area contributed by atoms with Crippen molar-refractivity contribution in [1.82, 2.24) is 9.71 Å². The second-order valence-electron chi connectivity index (χ2n) is 5.83. The minimum absolute atomic E-state index is 0.0776. The van der Waals surface area contributed by atoms with E-state index in [1.807, 2.05) is 19.1 Å². The Bertz CT molecular complexity index is 718. The Kier molecular flexibility index (Phi) is 6.87. The van der Waals surface area contributed by atoms with Crippen LogP contribution in [0, 0.1) is 5.82 Å². The highest BCUT2D eigenvalue weighted by Gasteiger charge is 2.17. The maximum atomic E-state index is 13.2. The summed E-state index contributed by atoms with van der Waals surface area (Å²) in [5, 5.41) is 0. The zero-order chi connectivity index (χ0) is 17.4. The second kappa shape index (κ2) is 8.89. The number of unbranched alkanes of at least 4 members (excludes halogenated alkanes) is 1. The lowest BCUT2D eigenvalue weighted by molar-refractivity contribution is 0.565. The van der Waals surface area contributed by atoms with E-state index in [0.717, 1.165) is 17.5 Å². The van der Waals surface area contributed by atoms with Crippen LogP contribution in [-0.2, 0) is 16.4 Å². The Labute approximate surface area is 143 Å². The Morgan fingerprint density at radius 2 is 1.96 bits per heavy atom. The number of aromatic nitrogens is 1. The standard InChI is InChI=1S/C18H23FN2O2S/c1-2-3-11-24(22,23)21-14-17(12-15-5-4-10-20-13-15)16-6-8-18(19)9-7-16/h4-10,13,17,21H,2-3,11-12,14H2,1H3. The lowest BCUT2D eigenvalue weighted by atomic mass is 9.93. The Morgan fingerprint density at radius 3 is 2.58 bits per heavy atom. The molecule has 1 unspecified atom stereocenters. The molecule has 0 amide bonds. The van der Waals surface area contributed by atoms with E-state index in [-0.39, 0.29) is 24.0 Å². The van der Waals surface area contributed by atoms with Gasteiger partial charge in [0.15, 0.2) is 0 Å². The van der Waals surface area contributed by atoms with Gasteiger partial charge in [-0.1, -0.05) is 31.5 Å². The number of benzene rings is 1. The number of hydrogen-bond donors (Lipinski definition) is 1. The van der Waals surface area contributed by atoms with Crippen LogP contribution in [-0.4, -0.2) is 25.7 Å². The second-order valence-corrected chi connectivity index (χ2v) is 7.76. The fourth-order valence-corrected chi connectivity index (χ4v) is 3.75. The highest BCUT2D eigenvalue weighted by molar-refractivity contribution is 7.89. The van der Waals surface area contributed by atoms with Crippen molar-refractivity contribution >= 4 is 10.0 Å². The number of nitrogens with zero attached hydrogens (tertiary/aromatic N) is 1. The molecule has 4 nitrogen and oxygen atoms in total. The van der Waals surface area contributed by atoms with Crippen LogP contribution >= 0.6 is 0 Å². The molecule has 0 aliphatic rings. The average Bonchev–Trinajstić information content (AvgIpc) is 2.59. The van der Waals surface area contributed by atoms with E-state index in [4.69, 9.17) is 0 Å². The molecule has 0 aliphatic carbocycles. The van der Waals surface area contributed by atoms with Crippen LogP contribution in [0.2, 0.25) is 0 Å². The summed E-state index contributed by atoms with van der Waals surface area (Å²) in [6.45, 7) is 2.24. The zero-order valence-electron chi connectivity index (χ0n) is 13.8. The van der Waals surface area contributed by atoms with Gasteiger partial charge in [0.25, 0.3) is 0 Å². The van der Waals surface area contributed by atoms with Gasteiger partial charge in [0.1, 0.15) is 5.82 Å². The number of nitrogens with one attached hydrogen (secondary N) is 1. The molecule has 1 aromatic heterocycles. The van der Waals surface area contributed by atoms with Crippen molar-refractivity contribution < 1.29 is 12.8 Å². The predicted molar refractivity (Wildman–Crippen MR) is 93.8 cm³/mol. The van der Waals surface area contributed by atoms with Crippen molar-refractivity contribution in [1.29, 1.82) is 0 Å². The van der Waals surface area contributed by atoms with Crippen LogP contribution < -0.4 is 4.72 Å². The van der Waals surface area contributed by atoms with Gasteiger partial charge < -0.3 is 0 Å². The maximum absolute atomic E-state index is 13.2. The van der Waals surface area contributed by atoms with Crippen molar-refractivity contribution in [3.63, 3.8) is 0 Å². The summed E-state index contributed by atoms with van der Waals surface area (Å²) in [6.07, 6.45) is 5.57. The monoisotopic (exact) mass is 350 g/mol. The third-order valence-electron chi connectivity index (χ3n) is 3.86. The Morgan fingerprint density at radius 1 is 1.21 bits per heavy atom. The van der Waals surface area contributed by atoms with Gasteiger partial charge in [-0.3, -0.25) is 4.98 Å². The number of rotatable bonds is 9. The van der Waals surface area contributed by atoms with Crippen molar-refractivity contribution in [2.45, 2.75) is 32.1 Å². The summed E-state index contributed by atoms with van der Waals surface area (Å²) in [4.78, 5) is 4.10. The molecular weight excluding hydrogens is 327 g/mol. The van der Waals surface area contributed by atoms with Crippen LogP contribution in [0.5, 0.6) is 0 Å². The molecule has 0 bridgehead atoms. The topological polar surface area (TPSA) is 59.1 Å². The molecule has 1 atom stereocenters. The van der Waals surface area contributed by atoms with E-state index in [0.29, 0.717) is 12.8 Å². The number of pyridine rings is 1. The first kappa shape index (κ1) is 18.5. The fraction of sp³-hybridized carbons (Fsp3) is 0.389. The van der Waals surface area contributed by atoms with Crippen LogP contribution in [0.4, 0.5) is 4.39 Å². The van der Waals surface area contributed by atoms with Gasteiger partial charge in [0.05, 0.1) is 5.75 Å². The lowest BCUT2D eigenvalue weighted by Gasteiger charge is -2.18. The third-order valence-corrected chi connectivity index (χ3v) is 5.30. The van der Waals surface area contributed by atoms with Crippen LogP contribution in [0.25, 0.3) is 0 Å². The predicted octanol–water partition coefficient (Wildman–Crippen LogP) is 3.27. The first-order valence-corrected chi connectivity index (χ1v) is 9.77. The number of sulfonamides is 1. The van der Waals surface area contributed by atoms with Crippen molar-refractivity contribution in [2.75, 3.05) is 12.3 Å². The molecule has 1 N–H and O–H groups in total. The van der Waals surface area contributed by atoms with Crippen LogP contribution in [0.1, 0.15) is 36.8 Å². The molecular formula is C18H23FN2O2S. The summed E-state index contributed by atoms with van der Waals surface area (Å²) in [7, 11) is -3.29. The van der Waals surface area contributed by atoms with E-state index in [9.17, 15) is 12.8 Å². The Hall–Kier alpha value is -1.79. The average molecular weight is 350 g/mol. The Balaban J connectivity index is 2.12. The quantitative estimate of drug-likeness (QED) is 0.755. The minimum atomic E-state index is -3.29. The normalized spacial score (nSPS) is 12.9. The molecule has 0 radical (unpaired) electrons. The van der Waals surface area contributed by atoms with Gasteiger partial charge in [-0.2, -0.15) is 0 Å². The van der Waals surface area contributed by atoms with E-state index < -0.39 is 10.0 Å². The van der Waals surface area contributed by atoms with Crippen molar-refractivity contribution in [3.05, 3.63) is 65.7 Å². The molecule has 2 rings (SSSR count).